The molecule has 1 saturated heterocycles. The van der Waals surface area contributed by atoms with E-state index in [1.807, 2.05) is 41.3 Å². The Morgan fingerprint density at radius 2 is 1.73 bits per heavy atom. The molecule has 4 amide bonds. The van der Waals surface area contributed by atoms with Crippen molar-refractivity contribution in [1.82, 2.24) is 10.2 Å². The molecule has 11 heteroatoms. The summed E-state index contributed by atoms with van der Waals surface area (Å²) in [4.78, 5) is 60.3. The molecule has 3 fully saturated rings. The van der Waals surface area contributed by atoms with Gasteiger partial charge in [-0.05, 0) is 90.5 Å². The van der Waals surface area contributed by atoms with Crippen molar-refractivity contribution in [3.63, 3.8) is 0 Å². The number of piperidine rings is 1. The summed E-state index contributed by atoms with van der Waals surface area (Å²) in [7, 11) is 1.63. The number of benzene rings is 2. The molecule has 2 heterocycles. The first-order valence-electron chi connectivity index (χ1n) is 17.6. The number of likely N-dealkylation sites (tertiary alicyclic amines) is 1. The van der Waals surface area contributed by atoms with E-state index in [1.165, 1.54) is 10.5 Å². The van der Waals surface area contributed by atoms with Crippen LogP contribution in [0.15, 0.2) is 48.5 Å². The zero-order chi connectivity index (χ0) is 35.1. The zero-order valence-corrected chi connectivity index (χ0v) is 29.6. The lowest BCUT2D eigenvalue weighted by Gasteiger charge is -2.40. The lowest BCUT2D eigenvalue weighted by molar-refractivity contribution is -0.133. The van der Waals surface area contributed by atoms with E-state index < -0.39 is 29.1 Å². The molecule has 6 rings (SSSR count). The van der Waals surface area contributed by atoms with Crippen molar-refractivity contribution in [2.45, 2.75) is 95.9 Å². The van der Waals surface area contributed by atoms with Gasteiger partial charge in [-0.3, -0.25) is 14.4 Å². The van der Waals surface area contributed by atoms with Crippen molar-refractivity contribution in [3.05, 3.63) is 54.1 Å². The van der Waals surface area contributed by atoms with Gasteiger partial charge in [-0.1, -0.05) is 30.3 Å². The van der Waals surface area contributed by atoms with Crippen LogP contribution in [0.3, 0.4) is 0 Å². The number of hydrogen-bond acceptors (Lipinski definition) is 7. The fraction of sp³-hybridized carbons (Fsp3) is 0.579. The van der Waals surface area contributed by atoms with Crippen molar-refractivity contribution in [2.24, 2.45) is 11.8 Å². The molecule has 0 bridgehead atoms. The minimum atomic E-state index is -1.03. The Kier molecular flexibility index (Phi) is 9.68. The van der Waals surface area contributed by atoms with E-state index >= 15 is 0 Å². The van der Waals surface area contributed by atoms with E-state index in [0.29, 0.717) is 43.1 Å². The number of carbonyl (C=O) groups is 4. The summed E-state index contributed by atoms with van der Waals surface area (Å²) in [5.41, 5.74) is 0.716. The predicted molar refractivity (Wildman–Crippen MR) is 186 cm³/mol. The largest absolute Gasteiger partial charge is 0.476 e. The summed E-state index contributed by atoms with van der Waals surface area (Å²) in [6, 6.07) is 15.7. The summed E-state index contributed by atoms with van der Waals surface area (Å²) in [6.45, 7) is 10.2. The molecule has 264 valence electrons. The maximum Gasteiger partial charge on any atom is 0.410 e. The molecule has 49 heavy (non-hydrogen) atoms. The second-order valence-corrected chi connectivity index (χ2v) is 15.4. The number of rotatable bonds is 10. The van der Waals surface area contributed by atoms with Crippen molar-refractivity contribution >= 4 is 35.2 Å². The first-order chi connectivity index (χ1) is 23.3. The van der Waals surface area contributed by atoms with Gasteiger partial charge in [-0.2, -0.15) is 0 Å². The van der Waals surface area contributed by atoms with E-state index in [-0.39, 0.29) is 48.8 Å². The molecule has 2 saturated carbocycles. The molecule has 0 aromatic heterocycles. The van der Waals surface area contributed by atoms with Crippen LogP contribution in [0.2, 0.25) is 0 Å². The average molecular weight is 675 g/mol. The van der Waals surface area contributed by atoms with Gasteiger partial charge < -0.3 is 34.2 Å². The minimum Gasteiger partial charge on any atom is -0.476 e. The van der Waals surface area contributed by atoms with Crippen LogP contribution in [0.5, 0.6) is 5.75 Å². The van der Waals surface area contributed by atoms with Crippen LogP contribution in [0.1, 0.15) is 78.2 Å². The number of hydrogen-bond donors (Lipinski definition) is 1. The lowest BCUT2D eigenvalue weighted by Crippen LogP contribution is -2.54. The van der Waals surface area contributed by atoms with Gasteiger partial charge in [0.1, 0.15) is 11.4 Å². The Morgan fingerprint density at radius 3 is 2.41 bits per heavy atom. The van der Waals surface area contributed by atoms with Crippen LogP contribution in [-0.2, 0) is 23.9 Å². The highest BCUT2D eigenvalue weighted by Gasteiger charge is 2.46. The number of methoxy groups -OCH3 is 1. The molecule has 0 spiro atoms. The Balaban J connectivity index is 1.24. The fourth-order valence-corrected chi connectivity index (χ4v) is 7.01. The molecule has 2 aromatic rings. The average Bonchev–Trinajstić information content (AvgIpc) is 4.00. The fourth-order valence-electron chi connectivity index (χ4n) is 7.01. The Morgan fingerprint density at radius 1 is 1.02 bits per heavy atom. The van der Waals surface area contributed by atoms with Gasteiger partial charge in [-0.25, -0.2) is 4.79 Å². The highest BCUT2D eigenvalue weighted by atomic mass is 16.6. The van der Waals surface area contributed by atoms with Crippen LogP contribution in [0.25, 0.3) is 0 Å². The van der Waals surface area contributed by atoms with Crippen LogP contribution < -0.4 is 19.9 Å². The van der Waals surface area contributed by atoms with E-state index in [2.05, 4.69) is 17.4 Å². The number of ether oxygens (including phenoxy) is 3. The quantitative estimate of drug-likeness (QED) is 0.342. The Hall–Kier alpha value is -4.12. The van der Waals surface area contributed by atoms with E-state index in [1.54, 1.807) is 46.6 Å². The maximum atomic E-state index is 14.6. The van der Waals surface area contributed by atoms with Gasteiger partial charge >= 0.3 is 6.09 Å². The van der Waals surface area contributed by atoms with Crippen LogP contribution in [0.4, 0.5) is 16.2 Å². The molecule has 11 nitrogen and oxygen atoms in total. The molecule has 1 N–H and O–H groups in total. The number of amides is 4. The molecule has 0 radical (unpaired) electrons. The summed E-state index contributed by atoms with van der Waals surface area (Å²) in [5.74, 6) is -0.792. The Bertz CT molecular complexity index is 1570. The second-order valence-electron chi connectivity index (χ2n) is 15.4. The molecule has 2 aromatic carbocycles. The predicted octanol–water partition coefficient (Wildman–Crippen LogP) is 5.27. The second kappa shape index (κ2) is 13.7. The summed E-state index contributed by atoms with van der Waals surface area (Å²) >= 11 is 0. The monoisotopic (exact) mass is 674 g/mol. The molecule has 2 aliphatic heterocycles. The number of anilines is 2. The highest BCUT2D eigenvalue weighted by molar-refractivity contribution is 6.04. The van der Waals surface area contributed by atoms with Gasteiger partial charge in [0, 0.05) is 57.0 Å². The third-order valence-electron chi connectivity index (χ3n) is 9.68. The highest BCUT2D eigenvalue weighted by Crippen LogP contribution is 2.44. The van der Waals surface area contributed by atoms with E-state index in [0.717, 1.165) is 19.3 Å². The van der Waals surface area contributed by atoms with Crippen molar-refractivity contribution < 1.29 is 33.4 Å². The maximum absolute atomic E-state index is 14.6. The van der Waals surface area contributed by atoms with Crippen LogP contribution in [-0.4, -0.2) is 85.4 Å². The summed E-state index contributed by atoms with van der Waals surface area (Å²) in [6.07, 6.45) is 2.98. The number of carbonyl (C=O) groups excluding carboxylic acids is 4. The topological polar surface area (TPSA) is 118 Å². The molecule has 4 aliphatic rings. The Labute approximate surface area is 289 Å². The number of nitrogens with one attached hydrogen (secondary N) is 1. The van der Waals surface area contributed by atoms with Crippen LogP contribution >= 0.6 is 0 Å². The normalized spacial score (nSPS) is 24.4. The zero-order valence-electron chi connectivity index (χ0n) is 29.6. The van der Waals surface area contributed by atoms with Crippen molar-refractivity contribution in [1.29, 1.82) is 0 Å². The number of nitrogens with zero attached hydrogens (tertiary/aromatic N) is 3. The molecule has 2 aliphatic carbocycles. The van der Waals surface area contributed by atoms with Crippen molar-refractivity contribution in [2.75, 3.05) is 43.2 Å². The summed E-state index contributed by atoms with van der Waals surface area (Å²) < 4.78 is 17.1. The summed E-state index contributed by atoms with van der Waals surface area (Å²) in [5, 5.41) is 3.20. The third-order valence-corrected chi connectivity index (χ3v) is 9.68. The van der Waals surface area contributed by atoms with Crippen molar-refractivity contribution in [3.8, 4) is 5.75 Å². The standard InChI is InChI=1S/C38H50N4O7/c1-37(2,3)49-36(46)40-22-25(33(43)39-30-21-29(30)24-11-8-7-9-12-24)19-26(23-40)34(44)42(27-13-14-27)28-15-16-32-31(20-28)41(17-10-18-47-6)35(45)38(4,5)48-32/h7-9,11-12,15-16,20,25-27,29-30H,10,13-14,17-19,21-23H2,1-6H3,(H,39,43)/t25-,26?,29+,30-/m0/s1. The molecular formula is C38H50N4O7. The van der Waals surface area contributed by atoms with Gasteiger partial charge in [0.2, 0.25) is 11.8 Å². The van der Waals surface area contributed by atoms with E-state index in [9.17, 15) is 19.2 Å². The van der Waals surface area contributed by atoms with Gasteiger partial charge in [-0.15, -0.1) is 0 Å². The number of fused-ring (bicyclic) bond motifs is 1. The lowest BCUT2D eigenvalue weighted by atomic mass is 9.87. The molecule has 4 atom stereocenters. The van der Waals surface area contributed by atoms with E-state index in [4.69, 9.17) is 14.2 Å². The molecule has 1 unspecified atom stereocenters. The molecular weight excluding hydrogens is 624 g/mol. The van der Waals surface area contributed by atoms with Gasteiger partial charge in [0.15, 0.2) is 5.60 Å². The van der Waals surface area contributed by atoms with Gasteiger partial charge in [0.25, 0.3) is 5.91 Å². The first kappa shape index (κ1) is 34.7. The SMILES string of the molecule is COCCCN1C(=O)C(C)(C)Oc2ccc(N(C(=O)C3C[C@H](C(=O)N[C@H]4C[C@@H]4c4ccccc4)CN(C(=O)OC(C)(C)C)C3)C3CC3)cc21. The third kappa shape index (κ3) is 7.87. The first-order valence-corrected chi connectivity index (χ1v) is 17.6. The van der Waals surface area contributed by atoms with Gasteiger partial charge in [0.05, 0.1) is 17.5 Å². The van der Waals surface area contributed by atoms with Crippen LogP contribution in [0, 0.1) is 11.8 Å². The smallest absolute Gasteiger partial charge is 0.410 e. The minimum absolute atomic E-state index is 0.00795.